The molecule has 2 aromatic heterocycles. The molecule has 0 saturated heterocycles. The van der Waals surface area contributed by atoms with Gasteiger partial charge in [-0.2, -0.15) is 0 Å². The molecule has 0 N–H and O–H groups in total. The number of para-hydroxylation sites is 2. The van der Waals surface area contributed by atoms with Gasteiger partial charge in [-0.25, -0.2) is 15.0 Å². The van der Waals surface area contributed by atoms with E-state index in [0.29, 0.717) is 17.5 Å². The van der Waals surface area contributed by atoms with Gasteiger partial charge < -0.3 is 4.57 Å². The van der Waals surface area contributed by atoms with Crippen molar-refractivity contribution in [3.8, 4) is 51.0 Å². The smallest absolute Gasteiger partial charge is 0.164 e. The minimum Gasteiger partial charge on any atom is -0.309 e. The molecule has 0 fully saturated rings. The molecule has 0 spiro atoms. The molecule has 0 bridgehead atoms. The number of fused-ring (bicyclic) bond motifs is 4. The molecule has 47 heavy (non-hydrogen) atoms. The summed E-state index contributed by atoms with van der Waals surface area (Å²) in [6.07, 6.45) is 0. The van der Waals surface area contributed by atoms with E-state index in [1.165, 1.54) is 38.1 Å². The van der Waals surface area contributed by atoms with Gasteiger partial charge in [-0.15, -0.1) is 0 Å². The summed E-state index contributed by atoms with van der Waals surface area (Å²) in [6.45, 7) is 0. The molecule has 0 saturated carbocycles. The number of aromatic nitrogens is 4. The zero-order valence-corrected chi connectivity index (χ0v) is 25.5. The van der Waals surface area contributed by atoms with Crippen molar-refractivity contribution in [2.24, 2.45) is 0 Å². The molecule has 0 aliphatic carbocycles. The molecule has 9 aromatic rings. The third kappa shape index (κ3) is 4.75. The van der Waals surface area contributed by atoms with Crippen LogP contribution in [0.3, 0.4) is 0 Å². The maximum atomic E-state index is 5.07. The Morgan fingerprint density at radius 3 is 1.53 bits per heavy atom. The van der Waals surface area contributed by atoms with Crippen LogP contribution in [-0.4, -0.2) is 19.5 Å². The fourth-order valence-corrected chi connectivity index (χ4v) is 6.61. The van der Waals surface area contributed by atoms with E-state index >= 15 is 0 Å². The highest BCUT2D eigenvalue weighted by Crippen LogP contribution is 2.34. The van der Waals surface area contributed by atoms with Gasteiger partial charge in [0.2, 0.25) is 0 Å². The van der Waals surface area contributed by atoms with Crippen molar-refractivity contribution in [2.75, 3.05) is 0 Å². The van der Waals surface area contributed by atoms with Crippen molar-refractivity contribution in [1.29, 1.82) is 0 Å². The molecular formula is C43H28N4. The van der Waals surface area contributed by atoms with Gasteiger partial charge in [0.25, 0.3) is 0 Å². The van der Waals surface area contributed by atoms with Gasteiger partial charge in [-0.3, -0.25) is 0 Å². The number of nitrogens with zero attached hydrogens (tertiary/aromatic N) is 4. The summed E-state index contributed by atoms with van der Waals surface area (Å²) in [5.41, 5.74) is 8.56. The Bertz CT molecular complexity index is 2510. The quantitative estimate of drug-likeness (QED) is 0.197. The SMILES string of the molecule is c1ccc(-c2nc(-c3ccc(-c4cccc5ccccc45)cc3)nc(-c3cccc(-n4c5ccccc5c5ccccc54)c3)n2)cc1. The van der Waals surface area contributed by atoms with E-state index in [1.54, 1.807) is 0 Å². The van der Waals surface area contributed by atoms with Crippen LogP contribution in [0, 0.1) is 0 Å². The molecule has 0 aliphatic rings. The zero-order valence-electron chi connectivity index (χ0n) is 25.5. The minimum atomic E-state index is 0.634. The van der Waals surface area contributed by atoms with Crippen LogP contribution in [0.4, 0.5) is 0 Å². The van der Waals surface area contributed by atoms with Gasteiger partial charge in [-0.1, -0.05) is 146 Å². The lowest BCUT2D eigenvalue weighted by Gasteiger charge is -2.12. The van der Waals surface area contributed by atoms with Crippen LogP contribution in [-0.2, 0) is 0 Å². The van der Waals surface area contributed by atoms with Crippen LogP contribution in [0.15, 0.2) is 170 Å². The van der Waals surface area contributed by atoms with Crippen LogP contribution >= 0.6 is 0 Å². The van der Waals surface area contributed by atoms with E-state index < -0.39 is 0 Å². The summed E-state index contributed by atoms with van der Waals surface area (Å²) >= 11 is 0. The summed E-state index contributed by atoms with van der Waals surface area (Å²) in [7, 11) is 0. The highest BCUT2D eigenvalue weighted by molar-refractivity contribution is 6.09. The van der Waals surface area contributed by atoms with Crippen molar-refractivity contribution >= 4 is 32.6 Å². The number of benzene rings is 7. The predicted octanol–water partition coefficient (Wildman–Crippen LogP) is 10.8. The molecule has 0 amide bonds. The van der Waals surface area contributed by atoms with E-state index in [-0.39, 0.29) is 0 Å². The van der Waals surface area contributed by atoms with Gasteiger partial charge in [0.1, 0.15) is 0 Å². The Labute approximate surface area is 272 Å². The third-order valence-electron chi connectivity index (χ3n) is 8.85. The molecule has 2 heterocycles. The van der Waals surface area contributed by atoms with E-state index in [1.807, 2.05) is 30.3 Å². The molecular weight excluding hydrogens is 573 g/mol. The zero-order chi connectivity index (χ0) is 31.2. The van der Waals surface area contributed by atoms with Crippen molar-refractivity contribution in [2.45, 2.75) is 0 Å². The fourth-order valence-electron chi connectivity index (χ4n) is 6.61. The molecule has 4 nitrogen and oxygen atoms in total. The monoisotopic (exact) mass is 600 g/mol. The van der Waals surface area contributed by atoms with Crippen LogP contribution in [0.1, 0.15) is 0 Å². The lowest BCUT2D eigenvalue weighted by Crippen LogP contribution is -2.01. The highest BCUT2D eigenvalue weighted by atomic mass is 15.0. The maximum Gasteiger partial charge on any atom is 0.164 e. The first-order valence-electron chi connectivity index (χ1n) is 15.8. The second-order valence-corrected chi connectivity index (χ2v) is 11.7. The Morgan fingerprint density at radius 1 is 0.340 bits per heavy atom. The lowest BCUT2D eigenvalue weighted by molar-refractivity contribution is 1.07. The van der Waals surface area contributed by atoms with Crippen LogP contribution in [0.5, 0.6) is 0 Å². The minimum absolute atomic E-state index is 0.634. The van der Waals surface area contributed by atoms with E-state index in [4.69, 9.17) is 15.0 Å². The molecule has 0 atom stereocenters. The largest absolute Gasteiger partial charge is 0.309 e. The highest BCUT2D eigenvalue weighted by Gasteiger charge is 2.16. The van der Waals surface area contributed by atoms with E-state index in [9.17, 15) is 0 Å². The second-order valence-electron chi connectivity index (χ2n) is 11.7. The topological polar surface area (TPSA) is 43.6 Å². The van der Waals surface area contributed by atoms with Gasteiger partial charge in [0.05, 0.1) is 11.0 Å². The molecule has 0 aliphatic heterocycles. The molecule has 220 valence electrons. The number of hydrogen-bond donors (Lipinski definition) is 0. The fraction of sp³-hybridized carbons (Fsp3) is 0. The van der Waals surface area contributed by atoms with Gasteiger partial charge in [0, 0.05) is 33.2 Å². The van der Waals surface area contributed by atoms with E-state index in [0.717, 1.165) is 27.9 Å². The normalized spacial score (nSPS) is 11.4. The summed E-state index contributed by atoms with van der Waals surface area (Å²) in [6, 6.07) is 59.2. The first-order valence-corrected chi connectivity index (χ1v) is 15.8. The Kier molecular flexibility index (Phi) is 6.43. The van der Waals surface area contributed by atoms with Crippen molar-refractivity contribution in [1.82, 2.24) is 19.5 Å². The summed E-state index contributed by atoms with van der Waals surface area (Å²) in [5, 5.41) is 4.93. The first kappa shape index (κ1) is 27.0. The number of hydrogen-bond acceptors (Lipinski definition) is 3. The molecule has 0 radical (unpaired) electrons. The predicted molar refractivity (Wildman–Crippen MR) is 193 cm³/mol. The average Bonchev–Trinajstić information content (AvgIpc) is 3.49. The van der Waals surface area contributed by atoms with Crippen LogP contribution in [0.25, 0.3) is 83.6 Å². The van der Waals surface area contributed by atoms with Gasteiger partial charge >= 0.3 is 0 Å². The molecule has 4 heteroatoms. The first-order chi connectivity index (χ1) is 23.3. The Balaban J connectivity index is 1.18. The van der Waals surface area contributed by atoms with Crippen molar-refractivity contribution in [3.63, 3.8) is 0 Å². The Hall–Kier alpha value is -6.39. The molecule has 9 rings (SSSR count). The molecule has 7 aromatic carbocycles. The Morgan fingerprint density at radius 2 is 0.830 bits per heavy atom. The summed E-state index contributed by atoms with van der Waals surface area (Å²) < 4.78 is 2.32. The number of rotatable bonds is 5. The van der Waals surface area contributed by atoms with Crippen LogP contribution < -0.4 is 0 Å². The lowest BCUT2D eigenvalue weighted by atomic mass is 9.97. The third-order valence-corrected chi connectivity index (χ3v) is 8.85. The summed E-state index contributed by atoms with van der Waals surface area (Å²) in [5.74, 6) is 1.92. The van der Waals surface area contributed by atoms with Crippen molar-refractivity contribution in [3.05, 3.63) is 170 Å². The summed E-state index contributed by atoms with van der Waals surface area (Å²) in [4.78, 5) is 15.1. The molecule has 0 unspecified atom stereocenters. The van der Waals surface area contributed by atoms with E-state index in [2.05, 4.69) is 144 Å². The van der Waals surface area contributed by atoms with Gasteiger partial charge in [-0.05, 0) is 46.2 Å². The average molecular weight is 601 g/mol. The standard InChI is InChI=1S/C43H28N4/c1-2-13-31(14-3-1)41-44-42(32-26-24-30(25-27-32)36-21-11-15-29-12-4-5-18-35(29)36)46-43(45-41)33-16-10-17-34(28-33)47-39-22-8-6-19-37(39)38-20-7-9-23-40(38)47/h1-28H. The van der Waals surface area contributed by atoms with Crippen LogP contribution in [0.2, 0.25) is 0 Å². The van der Waals surface area contributed by atoms with Crippen molar-refractivity contribution < 1.29 is 0 Å². The van der Waals surface area contributed by atoms with Gasteiger partial charge in [0.15, 0.2) is 17.5 Å². The second kappa shape index (κ2) is 11.2. The maximum absolute atomic E-state index is 5.07.